The maximum absolute atomic E-state index is 14.8. The lowest BCUT2D eigenvalue weighted by Crippen LogP contribution is -2.37. The Morgan fingerprint density at radius 2 is 1.67 bits per heavy atom. The van der Waals surface area contributed by atoms with Gasteiger partial charge in [-0.05, 0) is 60.2 Å². The Hall–Kier alpha value is -5.43. The van der Waals surface area contributed by atoms with E-state index in [1.807, 2.05) is 0 Å². The number of carbonyl (C=O) groups excluding carboxylic acids is 1. The molecule has 216 valence electrons. The summed E-state index contributed by atoms with van der Waals surface area (Å²) in [7, 11) is 0. The summed E-state index contributed by atoms with van der Waals surface area (Å²) >= 11 is 0. The zero-order valence-electron chi connectivity index (χ0n) is 22.1. The standard InChI is InChI=1S/C30H21F4N7O2/c31-20-3-1-18(2-4-20)29-28(25-8-6-22(33)14-41(25)39-29)19-9-10-36-26(11-19)38-27(42)13-30(43,15-40-17-35-16-37-40)23-7-5-21(32)12-24(23)34/h1-12,14,16-17,43H,13,15H2,(H,36,38,42)/t30-/m1/s1. The predicted octanol–water partition coefficient (Wildman–Crippen LogP) is 5.13. The van der Waals surface area contributed by atoms with Crippen LogP contribution >= 0.6 is 0 Å². The topological polar surface area (TPSA) is 110 Å². The number of nitrogens with zero attached hydrogens (tertiary/aromatic N) is 6. The molecule has 2 N–H and O–H groups in total. The van der Waals surface area contributed by atoms with Crippen LogP contribution in [0.5, 0.6) is 0 Å². The smallest absolute Gasteiger partial charge is 0.228 e. The number of hydrogen-bond acceptors (Lipinski definition) is 6. The highest BCUT2D eigenvalue weighted by Gasteiger charge is 2.36. The molecule has 0 bridgehead atoms. The largest absolute Gasteiger partial charge is 0.383 e. The van der Waals surface area contributed by atoms with E-state index in [0.717, 1.165) is 12.1 Å². The molecule has 0 saturated heterocycles. The fourth-order valence-electron chi connectivity index (χ4n) is 4.91. The molecule has 0 aliphatic carbocycles. The van der Waals surface area contributed by atoms with Gasteiger partial charge in [0.05, 0.1) is 24.7 Å². The number of rotatable bonds is 8. The van der Waals surface area contributed by atoms with Gasteiger partial charge >= 0.3 is 0 Å². The Balaban J connectivity index is 1.33. The molecule has 0 saturated carbocycles. The maximum Gasteiger partial charge on any atom is 0.228 e. The van der Waals surface area contributed by atoms with Crippen molar-refractivity contribution >= 4 is 17.2 Å². The van der Waals surface area contributed by atoms with Gasteiger partial charge in [-0.1, -0.05) is 6.07 Å². The van der Waals surface area contributed by atoms with E-state index >= 15 is 0 Å². The number of benzene rings is 2. The quantitative estimate of drug-likeness (QED) is 0.239. The van der Waals surface area contributed by atoms with Crippen LogP contribution in [-0.2, 0) is 16.9 Å². The number of anilines is 1. The van der Waals surface area contributed by atoms with E-state index in [9.17, 15) is 27.5 Å². The Labute approximate surface area is 241 Å². The first-order valence-corrected chi connectivity index (χ1v) is 12.9. The Bertz CT molecular complexity index is 1940. The van der Waals surface area contributed by atoms with Gasteiger partial charge in [0.25, 0.3) is 0 Å². The summed E-state index contributed by atoms with van der Waals surface area (Å²) in [6.45, 7) is -0.351. The molecule has 0 aliphatic heterocycles. The van der Waals surface area contributed by atoms with E-state index in [-0.39, 0.29) is 17.9 Å². The van der Waals surface area contributed by atoms with Crippen LogP contribution in [0.15, 0.2) is 91.8 Å². The van der Waals surface area contributed by atoms with Gasteiger partial charge in [-0.25, -0.2) is 36.7 Å². The number of carbonyl (C=O) groups is 1. The van der Waals surface area contributed by atoms with Crippen molar-refractivity contribution in [2.75, 3.05) is 5.32 Å². The molecule has 6 rings (SSSR count). The predicted molar refractivity (Wildman–Crippen MR) is 147 cm³/mol. The minimum atomic E-state index is -2.13. The molecule has 1 amide bonds. The van der Waals surface area contributed by atoms with Crippen LogP contribution in [0.2, 0.25) is 0 Å². The summed E-state index contributed by atoms with van der Waals surface area (Å²) in [5, 5.41) is 22.6. The van der Waals surface area contributed by atoms with Crippen molar-refractivity contribution in [2.24, 2.45) is 0 Å². The average molecular weight is 588 g/mol. The minimum Gasteiger partial charge on any atom is -0.383 e. The summed E-state index contributed by atoms with van der Waals surface area (Å²) in [6, 6.07) is 14.4. The monoisotopic (exact) mass is 587 g/mol. The molecule has 0 fully saturated rings. The highest BCUT2D eigenvalue weighted by Crippen LogP contribution is 2.36. The van der Waals surface area contributed by atoms with Crippen molar-refractivity contribution in [3.63, 3.8) is 0 Å². The van der Waals surface area contributed by atoms with Crippen LogP contribution in [0.4, 0.5) is 23.4 Å². The average Bonchev–Trinajstić information content (AvgIpc) is 3.60. The lowest BCUT2D eigenvalue weighted by molar-refractivity contribution is -0.122. The van der Waals surface area contributed by atoms with Crippen LogP contribution in [0, 0.1) is 23.3 Å². The number of amides is 1. The molecule has 0 aliphatic rings. The molecule has 4 aromatic heterocycles. The van der Waals surface area contributed by atoms with Crippen LogP contribution < -0.4 is 5.32 Å². The van der Waals surface area contributed by atoms with E-state index in [4.69, 9.17) is 0 Å². The molecule has 13 heteroatoms. The van der Waals surface area contributed by atoms with Gasteiger partial charge in [0.2, 0.25) is 5.91 Å². The summed E-state index contributed by atoms with van der Waals surface area (Å²) in [5.74, 6) is -3.45. The Morgan fingerprint density at radius 1 is 0.907 bits per heavy atom. The molecular formula is C30H21F4N7O2. The van der Waals surface area contributed by atoms with Gasteiger partial charge < -0.3 is 10.4 Å². The first-order valence-electron chi connectivity index (χ1n) is 12.9. The summed E-state index contributed by atoms with van der Waals surface area (Å²) in [5.41, 5.74) is 0.233. The molecule has 0 unspecified atom stereocenters. The molecule has 9 nitrogen and oxygen atoms in total. The molecular weight excluding hydrogens is 566 g/mol. The second kappa shape index (κ2) is 11.1. The first kappa shape index (κ1) is 27.7. The number of fused-ring (bicyclic) bond motifs is 1. The lowest BCUT2D eigenvalue weighted by Gasteiger charge is -2.28. The zero-order chi connectivity index (χ0) is 30.1. The second-order valence-electron chi connectivity index (χ2n) is 9.81. The van der Waals surface area contributed by atoms with Crippen LogP contribution in [-0.4, -0.2) is 40.4 Å². The molecule has 0 spiro atoms. The Morgan fingerprint density at radius 3 is 2.42 bits per heavy atom. The van der Waals surface area contributed by atoms with E-state index < -0.39 is 41.2 Å². The highest BCUT2D eigenvalue weighted by molar-refractivity contribution is 5.95. The molecule has 0 radical (unpaired) electrons. The van der Waals surface area contributed by atoms with Crippen molar-refractivity contribution in [1.82, 2.24) is 29.4 Å². The number of aliphatic hydroxyl groups is 1. The maximum atomic E-state index is 14.8. The Kier molecular flexibility index (Phi) is 7.16. The molecule has 6 aromatic rings. The first-order chi connectivity index (χ1) is 20.7. The lowest BCUT2D eigenvalue weighted by atomic mass is 9.89. The van der Waals surface area contributed by atoms with Crippen LogP contribution in [0.25, 0.3) is 27.9 Å². The number of hydrogen-bond donors (Lipinski definition) is 2. The fraction of sp³-hybridized carbons (Fsp3) is 0.100. The van der Waals surface area contributed by atoms with E-state index in [1.165, 1.54) is 52.4 Å². The van der Waals surface area contributed by atoms with Crippen molar-refractivity contribution in [2.45, 2.75) is 18.6 Å². The van der Waals surface area contributed by atoms with Crippen molar-refractivity contribution in [3.05, 3.63) is 121 Å². The number of nitrogens with one attached hydrogen (secondary N) is 1. The van der Waals surface area contributed by atoms with Gasteiger partial charge in [-0.15, -0.1) is 0 Å². The molecule has 4 heterocycles. The van der Waals surface area contributed by atoms with Gasteiger partial charge in [0.15, 0.2) is 0 Å². The van der Waals surface area contributed by atoms with Crippen LogP contribution in [0.3, 0.4) is 0 Å². The molecule has 2 aromatic carbocycles. The van der Waals surface area contributed by atoms with Gasteiger partial charge in [-0.2, -0.15) is 10.2 Å². The normalized spacial score (nSPS) is 12.8. The SMILES string of the molecule is O=C(C[C@@](O)(Cn1cncn1)c1ccc(F)cc1F)Nc1cc(-c2c(-c3ccc(F)cc3)nn3cc(F)ccc23)ccn1. The second-order valence-corrected chi connectivity index (χ2v) is 9.81. The van der Waals surface area contributed by atoms with Gasteiger partial charge in [0, 0.05) is 29.0 Å². The molecule has 1 atom stereocenters. The third-order valence-corrected chi connectivity index (χ3v) is 6.80. The highest BCUT2D eigenvalue weighted by atomic mass is 19.1. The third kappa shape index (κ3) is 5.70. The van der Waals surface area contributed by atoms with Gasteiger partial charge in [0.1, 0.15) is 53.0 Å². The van der Waals surface area contributed by atoms with E-state index in [2.05, 4.69) is 25.5 Å². The van der Waals surface area contributed by atoms with E-state index in [1.54, 1.807) is 30.3 Å². The van der Waals surface area contributed by atoms with E-state index in [0.29, 0.717) is 34.0 Å². The number of aromatic nitrogens is 6. The van der Waals surface area contributed by atoms with Crippen molar-refractivity contribution in [3.8, 4) is 22.4 Å². The van der Waals surface area contributed by atoms with Gasteiger partial charge in [-0.3, -0.25) is 4.79 Å². The van der Waals surface area contributed by atoms with Crippen molar-refractivity contribution < 1.29 is 27.5 Å². The van der Waals surface area contributed by atoms with Crippen molar-refractivity contribution in [1.29, 1.82) is 0 Å². The molecule has 43 heavy (non-hydrogen) atoms. The summed E-state index contributed by atoms with van der Waals surface area (Å²) in [6.07, 6.45) is 4.51. The minimum absolute atomic E-state index is 0.0942. The summed E-state index contributed by atoms with van der Waals surface area (Å²) < 4.78 is 58.6. The third-order valence-electron chi connectivity index (χ3n) is 6.80. The zero-order valence-corrected chi connectivity index (χ0v) is 22.1. The number of pyridine rings is 2. The summed E-state index contributed by atoms with van der Waals surface area (Å²) in [4.78, 5) is 21.2. The fourth-order valence-corrected chi connectivity index (χ4v) is 4.91. The number of halogens is 4. The van der Waals surface area contributed by atoms with Crippen LogP contribution in [0.1, 0.15) is 12.0 Å².